The maximum absolute atomic E-state index is 14.5. The Bertz CT molecular complexity index is 1100. The summed E-state index contributed by atoms with van der Waals surface area (Å²) < 4.78 is 127. The summed E-state index contributed by atoms with van der Waals surface area (Å²) >= 11 is 0. The molecule has 0 saturated heterocycles. The second-order valence-corrected chi connectivity index (χ2v) is 8.48. The van der Waals surface area contributed by atoms with Gasteiger partial charge in [-0.05, 0) is 0 Å². The van der Waals surface area contributed by atoms with Crippen molar-refractivity contribution >= 4 is 23.1 Å². The molecule has 30 heavy (non-hydrogen) atoms. The highest BCUT2D eigenvalue weighted by molar-refractivity contribution is 7.85. The summed E-state index contributed by atoms with van der Waals surface area (Å²) in [7, 11) is -5.76. The number of benzene rings is 3. The van der Waals surface area contributed by atoms with E-state index in [1.807, 2.05) is 0 Å². The van der Waals surface area contributed by atoms with E-state index >= 15 is 0 Å². The molecule has 0 amide bonds. The van der Waals surface area contributed by atoms with Gasteiger partial charge in [0.15, 0.2) is 41.9 Å². The van der Waals surface area contributed by atoms with E-state index in [1.54, 1.807) is 0 Å². The summed E-state index contributed by atoms with van der Waals surface area (Å²) in [6, 6.07) is 4.89. The molecule has 3 nitrogen and oxygen atoms in total. The highest BCUT2D eigenvalue weighted by Gasteiger charge is 2.45. The quantitative estimate of drug-likeness (QED) is 0.359. The SMILES string of the molecule is O=P(c1ccccc1)(c1c(F)c(F)c(O)c(F)c1F)c1c(F)c(F)c(O)c(F)c1F. The fourth-order valence-electron chi connectivity index (χ4n) is 2.78. The molecule has 0 spiro atoms. The minimum Gasteiger partial charge on any atom is -0.503 e. The van der Waals surface area contributed by atoms with Crippen LogP contribution in [0.4, 0.5) is 35.1 Å². The predicted octanol–water partition coefficient (Wildman–Crippen LogP) is 3.85. The van der Waals surface area contributed by atoms with Crippen molar-refractivity contribution in [3.8, 4) is 11.5 Å². The van der Waals surface area contributed by atoms with E-state index in [-0.39, 0.29) is 0 Å². The number of halogens is 8. The zero-order valence-corrected chi connectivity index (χ0v) is 15.1. The van der Waals surface area contributed by atoms with Crippen molar-refractivity contribution in [2.75, 3.05) is 0 Å². The van der Waals surface area contributed by atoms with E-state index in [0.717, 1.165) is 24.3 Å². The van der Waals surface area contributed by atoms with Crippen LogP contribution in [0.15, 0.2) is 30.3 Å². The highest BCUT2D eigenvalue weighted by atomic mass is 31.2. The molecule has 0 aromatic heterocycles. The van der Waals surface area contributed by atoms with Gasteiger partial charge in [-0.3, -0.25) is 0 Å². The van der Waals surface area contributed by atoms with E-state index in [4.69, 9.17) is 10.2 Å². The Kier molecular flexibility index (Phi) is 5.28. The number of phenols is 2. The average Bonchev–Trinajstić information content (AvgIpc) is 2.74. The zero-order valence-electron chi connectivity index (χ0n) is 14.2. The van der Waals surface area contributed by atoms with Crippen LogP contribution in [0.3, 0.4) is 0 Å². The monoisotopic (exact) mass is 454 g/mol. The number of rotatable bonds is 3. The number of hydrogen-bond acceptors (Lipinski definition) is 3. The maximum Gasteiger partial charge on any atom is 0.204 e. The average molecular weight is 454 g/mol. The third-order valence-electron chi connectivity index (χ3n) is 4.18. The van der Waals surface area contributed by atoms with Crippen LogP contribution in [-0.2, 0) is 4.57 Å². The lowest BCUT2D eigenvalue weighted by atomic mass is 10.3. The summed E-state index contributed by atoms with van der Waals surface area (Å²) in [5.74, 6) is -24.2. The maximum atomic E-state index is 14.5. The molecule has 3 rings (SSSR count). The first-order valence-corrected chi connectivity index (χ1v) is 9.43. The van der Waals surface area contributed by atoms with E-state index in [9.17, 15) is 39.7 Å². The number of hydrogen-bond donors (Lipinski definition) is 2. The van der Waals surface area contributed by atoms with Gasteiger partial charge in [0.2, 0.25) is 23.3 Å². The van der Waals surface area contributed by atoms with Crippen LogP contribution in [0.2, 0.25) is 0 Å². The predicted molar refractivity (Wildman–Crippen MR) is 88.8 cm³/mol. The summed E-state index contributed by atoms with van der Waals surface area (Å²) in [4.78, 5) is 0. The molecule has 12 heteroatoms. The summed E-state index contributed by atoms with van der Waals surface area (Å²) in [6.07, 6.45) is 0. The third kappa shape index (κ3) is 2.84. The molecular weight excluding hydrogens is 447 g/mol. The topological polar surface area (TPSA) is 57.5 Å². The van der Waals surface area contributed by atoms with Crippen LogP contribution in [0.25, 0.3) is 0 Å². The van der Waals surface area contributed by atoms with Crippen LogP contribution < -0.4 is 15.9 Å². The molecule has 0 atom stereocenters. The van der Waals surface area contributed by atoms with E-state index in [1.165, 1.54) is 6.07 Å². The lowest BCUT2D eigenvalue weighted by molar-refractivity contribution is 0.359. The molecular formula is C18H7F8O3P. The summed E-state index contributed by atoms with van der Waals surface area (Å²) in [5, 5.41) is 13.1. The molecule has 0 saturated carbocycles. The molecule has 3 aromatic rings. The molecule has 0 aliphatic rings. The van der Waals surface area contributed by atoms with Gasteiger partial charge in [0.1, 0.15) is 0 Å². The Hall–Kier alpha value is -3.07. The van der Waals surface area contributed by atoms with Gasteiger partial charge in [-0.2, -0.15) is 17.6 Å². The molecule has 158 valence electrons. The Balaban J connectivity index is 2.63. The molecule has 2 N–H and O–H groups in total. The standard InChI is InChI=1S/C18H7F8O3P/c19-7-11(23)17(12(24)8(20)15(7)27)30(29,6-4-2-1-3-5-6)18-13(25)9(21)16(28)10(22)14(18)26/h1-5,27-28H. The molecule has 0 aliphatic heterocycles. The summed E-state index contributed by atoms with van der Waals surface area (Å²) in [5.41, 5.74) is 0. The Morgan fingerprint density at radius 3 is 1.13 bits per heavy atom. The van der Waals surface area contributed by atoms with Crippen LogP contribution in [0.1, 0.15) is 0 Å². The smallest absolute Gasteiger partial charge is 0.204 e. The first-order chi connectivity index (χ1) is 14.0. The number of aromatic hydroxyl groups is 2. The molecule has 0 radical (unpaired) electrons. The van der Waals surface area contributed by atoms with Gasteiger partial charge in [-0.25, -0.2) is 17.6 Å². The van der Waals surface area contributed by atoms with Gasteiger partial charge in [-0.1, -0.05) is 30.3 Å². The van der Waals surface area contributed by atoms with Gasteiger partial charge < -0.3 is 14.8 Å². The normalized spacial score (nSPS) is 11.7. The molecule has 0 fully saturated rings. The van der Waals surface area contributed by atoms with Gasteiger partial charge in [0, 0.05) is 5.30 Å². The zero-order chi connectivity index (χ0) is 22.5. The first-order valence-electron chi connectivity index (χ1n) is 7.72. The van der Waals surface area contributed by atoms with E-state index in [2.05, 4.69) is 0 Å². The second kappa shape index (κ2) is 7.32. The van der Waals surface area contributed by atoms with Gasteiger partial charge >= 0.3 is 0 Å². The largest absolute Gasteiger partial charge is 0.503 e. The molecule has 0 bridgehead atoms. The highest BCUT2D eigenvalue weighted by Crippen LogP contribution is 2.48. The molecule has 0 aliphatic carbocycles. The molecule has 0 unspecified atom stereocenters. The first kappa shape index (κ1) is 21.6. The lowest BCUT2D eigenvalue weighted by Crippen LogP contribution is -2.35. The van der Waals surface area contributed by atoms with Crippen LogP contribution in [0, 0.1) is 46.5 Å². The van der Waals surface area contributed by atoms with Crippen molar-refractivity contribution in [3.05, 3.63) is 76.9 Å². The van der Waals surface area contributed by atoms with Crippen LogP contribution >= 0.6 is 7.14 Å². The summed E-state index contributed by atoms with van der Waals surface area (Å²) in [6.45, 7) is 0. The van der Waals surface area contributed by atoms with Crippen molar-refractivity contribution in [1.29, 1.82) is 0 Å². The van der Waals surface area contributed by atoms with E-state index < -0.39 is 81.1 Å². The minimum absolute atomic E-state index is 0.768. The van der Waals surface area contributed by atoms with Crippen LogP contribution in [-0.4, -0.2) is 10.2 Å². The van der Waals surface area contributed by atoms with Crippen LogP contribution in [0.5, 0.6) is 11.5 Å². The fourth-order valence-corrected chi connectivity index (χ4v) is 5.61. The van der Waals surface area contributed by atoms with Gasteiger partial charge in [0.05, 0.1) is 10.6 Å². The molecule has 0 heterocycles. The Morgan fingerprint density at radius 1 is 0.533 bits per heavy atom. The van der Waals surface area contributed by atoms with E-state index in [0.29, 0.717) is 0 Å². The fraction of sp³-hybridized carbons (Fsp3) is 0. The Morgan fingerprint density at radius 2 is 0.833 bits per heavy atom. The second-order valence-electron chi connectivity index (χ2n) is 5.85. The minimum atomic E-state index is -5.76. The van der Waals surface area contributed by atoms with Gasteiger partial charge in [0.25, 0.3) is 0 Å². The van der Waals surface area contributed by atoms with Crippen molar-refractivity contribution in [2.24, 2.45) is 0 Å². The Labute approximate surface area is 162 Å². The van der Waals surface area contributed by atoms with Crippen molar-refractivity contribution < 1.29 is 49.9 Å². The molecule has 3 aromatic carbocycles. The lowest BCUT2D eigenvalue weighted by Gasteiger charge is -2.23. The van der Waals surface area contributed by atoms with Crippen molar-refractivity contribution in [2.45, 2.75) is 0 Å². The van der Waals surface area contributed by atoms with Gasteiger partial charge in [-0.15, -0.1) is 0 Å². The van der Waals surface area contributed by atoms with Crippen molar-refractivity contribution in [3.63, 3.8) is 0 Å². The third-order valence-corrected chi connectivity index (χ3v) is 7.25. The number of phenolic OH excluding ortho intramolecular Hbond substituents is 2. The van der Waals surface area contributed by atoms with Crippen molar-refractivity contribution in [1.82, 2.24) is 0 Å².